The number of nitro groups is 1. The number of carboxylic acids is 1. The van der Waals surface area contributed by atoms with Crippen LogP contribution >= 0.6 is 15.9 Å². The molecule has 0 radical (unpaired) electrons. The van der Waals surface area contributed by atoms with Crippen LogP contribution in [0.4, 0.5) is 5.69 Å². The molecule has 2 aromatic rings. The Kier molecular flexibility index (Phi) is 4.18. The Morgan fingerprint density at radius 3 is 2.71 bits per heavy atom. The van der Waals surface area contributed by atoms with E-state index in [-0.39, 0.29) is 17.1 Å². The molecular formula is C13H9BrN2O5. The molecule has 0 amide bonds. The van der Waals surface area contributed by atoms with Crippen LogP contribution in [0.15, 0.2) is 34.9 Å². The Labute approximate surface area is 127 Å². The molecule has 1 aromatic carbocycles. The molecular weight excluding hydrogens is 344 g/mol. The van der Waals surface area contributed by atoms with Crippen molar-refractivity contribution in [1.82, 2.24) is 4.98 Å². The number of benzene rings is 1. The van der Waals surface area contributed by atoms with Crippen molar-refractivity contribution < 1.29 is 19.6 Å². The molecule has 0 aliphatic heterocycles. The lowest BCUT2D eigenvalue weighted by molar-refractivity contribution is -0.384. The summed E-state index contributed by atoms with van der Waals surface area (Å²) in [6, 6.07) is 5.39. The predicted octanol–water partition coefficient (Wildman–Crippen LogP) is 3.55. The highest BCUT2D eigenvalue weighted by atomic mass is 79.9. The highest BCUT2D eigenvalue weighted by molar-refractivity contribution is 9.10. The number of aromatic nitrogens is 1. The average molecular weight is 353 g/mol. The van der Waals surface area contributed by atoms with Gasteiger partial charge in [-0.25, -0.2) is 9.78 Å². The van der Waals surface area contributed by atoms with Gasteiger partial charge in [0, 0.05) is 22.8 Å². The smallest absolute Gasteiger partial charge is 0.341 e. The highest BCUT2D eigenvalue weighted by Crippen LogP contribution is 2.29. The molecule has 0 aliphatic rings. The van der Waals surface area contributed by atoms with E-state index < -0.39 is 10.9 Å². The molecule has 0 saturated heterocycles. The highest BCUT2D eigenvalue weighted by Gasteiger charge is 2.16. The monoisotopic (exact) mass is 352 g/mol. The van der Waals surface area contributed by atoms with Crippen LogP contribution in [0.1, 0.15) is 15.9 Å². The van der Waals surface area contributed by atoms with Crippen LogP contribution in [0.2, 0.25) is 0 Å². The Balaban J connectivity index is 2.39. The number of carbonyl (C=O) groups is 1. The summed E-state index contributed by atoms with van der Waals surface area (Å²) < 4.78 is 5.96. The minimum atomic E-state index is -1.18. The molecule has 0 fully saturated rings. The number of halogens is 1. The van der Waals surface area contributed by atoms with Crippen LogP contribution in [0, 0.1) is 17.0 Å². The van der Waals surface area contributed by atoms with E-state index in [1.54, 1.807) is 6.92 Å². The molecule has 0 atom stereocenters. The third-order valence-electron chi connectivity index (χ3n) is 2.62. The third kappa shape index (κ3) is 3.34. The number of ether oxygens (including phenoxy) is 1. The summed E-state index contributed by atoms with van der Waals surface area (Å²) in [5.41, 5.74) is 0.328. The lowest BCUT2D eigenvalue weighted by atomic mass is 10.2. The summed E-state index contributed by atoms with van der Waals surface area (Å²) >= 11 is 3.13. The number of hydrogen-bond donors (Lipinski definition) is 1. The molecule has 0 aliphatic carbocycles. The lowest BCUT2D eigenvalue weighted by Gasteiger charge is -2.10. The number of aryl methyl sites for hydroxylation is 1. The fraction of sp³-hybridized carbons (Fsp3) is 0.0769. The van der Waals surface area contributed by atoms with Gasteiger partial charge in [0.1, 0.15) is 11.3 Å². The Morgan fingerprint density at radius 1 is 1.43 bits per heavy atom. The quantitative estimate of drug-likeness (QED) is 0.666. The molecule has 108 valence electrons. The van der Waals surface area contributed by atoms with Gasteiger partial charge in [-0.15, -0.1) is 0 Å². The Morgan fingerprint density at radius 2 is 2.14 bits per heavy atom. The van der Waals surface area contributed by atoms with E-state index in [2.05, 4.69) is 20.9 Å². The van der Waals surface area contributed by atoms with Crippen molar-refractivity contribution in [2.24, 2.45) is 0 Å². The van der Waals surface area contributed by atoms with Gasteiger partial charge in [0.25, 0.3) is 5.69 Å². The largest absolute Gasteiger partial charge is 0.477 e. The number of carboxylic acid groups (broad SMARTS) is 1. The molecule has 8 heteroatoms. The number of nitro benzene ring substituents is 1. The zero-order valence-corrected chi connectivity index (χ0v) is 12.3. The SMILES string of the molecule is Cc1cc([N+](=O)[O-])ccc1Oc1ncc(Br)cc1C(=O)O. The molecule has 2 rings (SSSR count). The lowest BCUT2D eigenvalue weighted by Crippen LogP contribution is -2.02. The second-order valence-electron chi connectivity index (χ2n) is 4.12. The molecule has 21 heavy (non-hydrogen) atoms. The van der Waals surface area contributed by atoms with E-state index in [9.17, 15) is 14.9 Å². The topological polar surface area (TPSA) is 103 Å². The predicted molar refractivity (Wildman–Crippen MR) is 76.8 cm³/mol. The summed E-state index contributed by atoms with van der Waals surface area (Å²) in [5.74, 6) is -0.959. The average Bonchev–Trinajstić information content (AvgIpc) is 2.42. The van der Waals surface area contributed by atoms with Crippen LogP contribution in [0.3, 0.4) is 0 Å². The summed E-state index contributed by atoms with van der Waals surface area (Å²) in [5, 5.41) is 19.8. The number of pyridine rings is 1. The van der Waals surface area contributed by atoms with Gasteiger partial charge >= 0.3 is 5.97 Å². The number of nitrogens with zero attached hydrogens (tertiary/aromatic N) is 2. The van der Waals surface area contributed by atoms with E-state index in [0.717, 1.165) is 0 Å². The molecule has 7 nitrogen and oxygen atoms in total. The molecule has 0 unspecified atom stereocenters. The number of hydrogen-bond acceptors (Lipinski definition) is 5. The van der Waals surface area contributed by atoms with Crippen molar-refractivity contribution in [2.45, 2.75) is 6.92 Å². The van der Waals surface area contributed by atoms with Gasteiger partial charge in [-0.1, -0.05) is 0 Å². The summed E-state index contributed by atoms with van der Waals surface area (Å²) in [4.78, 5) is 25.2. The van der Waals surface area contributed by atoms with Gasteiger partial charge in [-0.2, -0.15) is 0 Å². The normalized spacial score (nSPS) is 10.2. The van der Waals surface area contributed by atoms with Crippen molar-refractivity contribution in [1.29, 1.82) is 0 Å². The second kappa shape index (κ2) is 5.88. The van der Waals surface area contributed by atoms with Crippen LogP contribution < -0.4 is 4.74 Å². The first-order valence-electron chi connectivity index (χ1n) is 5.70. The van der Waals surface area contributed by atoms with Gasteiger partial charge in [0.05, 0.1) is 4.92 Å². The van der Waals surface area contributed by atoms with E-state index in [1.165, 1.54) is 30.5 Å². The van der Waals surface area contributed by atoms with Gasteiger partial charge < -0.3 is 9.84 Å². The maximum Gasteiger partial charge on any atom is 0.341 e. The van der Waals surface area contributed by atoms with Crippen molar-refractivity contribution in [3.63, 3.8) is 0 Å². The van der Waals surface area contributed by atoms with E-state index in [0.29, 0.717) is 15.8 Å². The zero-order valence-electron chi connectivity index (χ0n) is 10.7. The minimum absolute atomic E-state index is 0.0675. The van der Waals surface area contributed by atoms with Crippen molar-refractivity contribution in [3.8, 4) is 11.6 Å². The van der Waals surface area contributed by atoms with Crippen LogP contribution in [0.25, 0.3) is 0 Å². The first-order valence-corrected chi connectivity index (χ1v) is 6.49. The van der Waals surface area contributed by atoms with Crippen molar-refractivity contribution >= 4 is 27.6 Å². The second-order valence-corrected chi connectivity index (χ2v) is 5.04. The summed E-state index contributed by atoms with van der Waals surface area (Å²) in [6.45, 7) is 1.63. The molecule has 0 spiro atoms. The van der Waals surface area contributed by atoms with Gasteiger partial charge in [0.15, 0.2) is 0 Å². The molecule has 0 saturated carbocycles. The fourth-order valence-electron chi connectivity index (χ4n) is 1.63. The number of aromatic carboxylic acids is 1. The van der Waals surface area contributed by atoms with Crippen LogP contribution in [-0.2, 0) is 0 Å². The van der Waals surface area contributed by atoms with Crippen LogP contribution in [0.5, 0.6) is 11.6 Å². The number of rotatable bonds is 4. The number of non-ortho nitro benzene ring substituents is 1. The Bertz CT molecular complexity index is 732. The molecule has 1 aromatic heterocycles. The maximum absolute atomic E-state index is 11.2. The maximum atomic E-state index is 11.2. The summed E-state index contributed by atoms with van der Waals surface area (Å²) in [7, 11) is 0. The van der Waals surface area contributed by atoms with Crippen LogP contribution in [-0.4, -0.2) is 21.0 Å². The van der Waals surface area contributed by atoms with Gasteiger partial charge in [0.2, 0.25) is 5.88 Å². The molecule has 1 heterocycles. The van der Waals surface area contributed by atoms with Gasteiger partial charge in [-0.05, 0) is 40.5 Å². The zero-order chi connectivity index (χ0) is 15.6. The fourth-order valence-corrected chi connectivity index (χ4v) is 1.96. The minimum Gasteiger partial charge on any atom is -0.477 e. The first-order chi connectivity index (χ1) is 9.88. The van der Waals surface area contributed by atoms with E-state index in [1.807, 2.05) is 0 Å². The standard InChI is InChI=1S/C13H9BrN2O5/c1-7-4-9(16(19)20)2-3-11(7)21-12-10(13(17)18)5-8(14)6-15-12/h2-6H,1H3,(H,17,18). The van der Waals surface area contributed by atoms with E-state index in [4.69, 9.17) is 9.84 Å². The molecule has 0 bridgehead atoms. The third-order valence-corrected chi connectivity index (χ3v) is 3.06. The van der Waals surface area contributed by atoms with Crippen molar-refractivity contribution in [2.75, 3.05) is 0 Å². The van der Waals surface area contributed by atoms with Crippen molar-refractivity contribution in [3.05, 3.63) is 56.2 Å². The Hall–Kier alpha value is -2.48. The molecule has 1 N–H and O–H groups in total. The van der Waals surface area contributed by atoms with E-state index >= 15 is 0 Å². The first kappa shape index (κ1) is 14.9. The van der Waals surface area contributed by atoms with Gasteiger partial charge in [-0.3, -0.25) is 10.1 Å². The summed E-state index contributed by atoms with van der Waals surface area (Å²) in [6.07, 6.45) is 1.41.